The van der Waals surface area contributed by atoms with Crippen molar-refractivity contribution in [2.75, 3.05) is 13.2 Å². The average molecular weight is 895 g/mol. The average Bonchev–Trinajstić information content (AvgIpc) is 3.26. The predicted octanol–water partition coefficient (Wildman–Crippen LogP) is 11.6. The Morgan fingerprint density at radius 3 is 1.41 bits per heavy atom. The van der Waals surface area contributed by atoms with Crippen molar-refractivity contribution in [2.24, 2.45) is 0 Å². The van der Waals surface area contributed by atoms with Gasteiger partial charge >= 0.3 is 23.9 Å². The zero-order chi connectivity index (χ0) is 46.2. The normalized spacial score (nSPS) is 19.4. The number of aliphatic hydroxyl groups excluding tert-OH is 2. The maximum Gasteiger partial charge on any atom is 0.335 e. The Morgan fingerprint density at radius 1 is 0.508 bits per heavy atom. The number of aliphatic hydroxyl groups is 2. The molecule has 0 amide bonds. The first-order valence-corrected chi connectivity index (χ1v) is 25.3. The van der Waals surface area contributed by atoms with Gasteiger partial charge in [0.1, 0.15) is 18.8 Å². The summed E-state index contributed by atoms with van der Waals surface area (Å²) in [6.45, 7) is 5.87. The van der Waals surface area contributed by atoms with E-state index >= 15 is 0 Å². The fourth-order valence-corrected chi connectivity index (χ4v) is 7.52. The molecular weight excluding hydrogens is 805 g/mol. The molecule has 0 spiro atoms. The Morgan fingerprint density at radius 2 is 0.921 bits per heavy atom. The number of hydrogen-bond acceptors (Lipinski definition) is 11. The third-order valence-corrected chi connectivity index (χ3v) is 11.5. The number of aliphatic carboxylic acids is 1. The maximum absolute atomic E-state index is 13.0. The molecule has 0 radical (unpaired) electrons. The van der Waals surface area contributed by atoms with E-state index in [1.54, 1.807) is 0 Å². The van der Waals surface area contributed by atoms with Gasteiger partial charge in [0.25, 0.3) is 0 Å². The van der Waals surface area contributed by atoms with Gasteiger partial charge in [-0.2, -0.15) is 0 Å². The smallest absolute Gasteiger partial charge is 0.335 e. The second kappa shape index (κ2) is 40.7. The van der Waals surface area contributed by atoms with Crippen LogP contribution in [0.25, 0.3) is 0 Å². The van der Waals surface area contributed by atoms with E-state index < -0.39 is 67.3 Å². The van der Waals surface area contributed by atoms with Gasteiger partial charge in [-0.3, -0.25) is 14.4 Å². The molecule has 12 nitrogen and oxygen atoms in total. The zero-order valence-corrected chi connectivity index (χ0v) is 39.8. The van der Waals surface area contributed by atoms with Crippen molar-refractivity contribution in [3.05, 3.63) is 24.3 Å². The number of allylic oxidation sites excluding steroid dienone is 4. The van der Waals surface area contributed by atoms with Crippen LogP contribution in [-0.4, -0.2) is 89.2 Å². The summed E-state index contributed by atoms with van der Waals surface area (Å²) in [5.41, 5.74) is 0. The number of rotatable bonds is 42. The summed E-state index contributed by atoms with van der Waals surface area (Å²) >= 11 is 0. The first-order chi connectivity index (χ1) is 30.6. The van der Waals surface area contributed by atoms with Gasteiger partial charge < -0.3 is 39.0 Å². The number of unbranched alkanes of at least 4 members (excludes halogenated alkanes) is 24. The minimum atomic E-state index is -1.90. The minimum Gasteiger partial charge on any atom is -0.479 e. The van der Waals surface area contributed by atoms with E-state index in [0.717, 1.165) is 96.3 Å². The lowest BCUT2D eigenvalue weighted by atomic mass is 9.98. The Hall–Kier alpha value is -2.80. The van der Waals surface area contributed by atoms with Crippen LogP contribution in [0.1, 0.15) is 226 Å². The summed E-state index contributed by atoms with van der Waals surface area (Å²) in [6, 6.07) is 0. The molecular formula is C51H90O12. The van der Waals surface area contributed by atoms with Gasteiger partial charge in [0.2, 0.25) is 0 Å². The van der Waals surface area contributed by atoms with E-state index in [2.05, 4.69) is 45.1 Å². The molecule has 6 unspecified atom stereocenters. The van der Waals surface area contributed by atoms with Crippen LogP contribution in [0.3, 0.4) is 0 Å². The Bertz CT molecular complexity index is 1200. The molecule has 1 fully saturated rings. The van der Waals surface area contributed by atoms with Gasteiger partial charge in [-0.15, -0.1) is 0 Å². The quantitative estimate of drug-likeness (QED) is 0.0229. The van der Waals surface area contributed by atoms with Crippen LogP contribution in [0.2, 0.25) is 0 Å². The molecule has 1 aliphatic heterocycles. The van der Waals surface area contributed by atoms with Crippen molar-refractivity contribution in [2.45, 2.75) is 263 Å². The topological polar surface area (TPSA) is 175 Å². The molecule has 0 aromatic heterocycles. The number of carbonyl (C=O) groups is 4. The molecule has 3 N–H and O–H groups in total. The number of carboxylic acids is 1. The molecule has 6 atom stereocenters. The highest BCUT2D eigenvalue weighted by Gasteiger charge is 2.50. The Kier molecular flexibility index (Phi) is 37.6. The van der Waals surface area contributed by atoms with Gasteiger partial charge in [0.05, 0.1) is 6.61 Å². The van der Waals surface area contributed by atoms with Gasteiger partial charge in [-0.1, -0.05) is 167 Å². The minimum absolute atomic E-state index is 0.0525. The number of esters is 3. The molecule has 0 aromatic rings. The van der Waals surface area contributed by atoms with Gasteiger partial charge in [-0.25, -0.2) is 4.79 Å². The number of hydrogen-bond donors (Lipinski definition) is 3. The lowest BCUT2D eigenvalue weighted by molar-refractivity contribution is -0.301. The molecule has 366 valence electrons. The molecule has 12 heteroatoms. The molecule has 0 aromatic carbocycles. The molecule has 0 saturated carbocycles. The highest BCUT2D eigenvalue weighted by molar-refractivity contribution is 5.74. The largest absolute Gasteiger partial charge is 0.479 e. The van der Waals surface area contributed by atoms with Gasteiger partial charge in [0.15, 0.2) is 24.6 Å². The fraction of sp³-hybridized carbons (Fsp3) is 0.843. The lowest BCUT2D eigenvalue weighted by Crippen LogP contribution is -2.61. The first kappa shape index (κ1) is 58.2. The summed E-state index contributed by atoms with van der Waals surface area (Å²) in [6.07, 6.45) is 30.4. The summed E-state index contributed by atoms with van der Waals surface area (Å²) in [5, 5.41) is 31.2. The van der Waals surface area contributed by atoms with Crippen LogP contribution in [0, 0.1) is 0 Å². The molecule has 1 aliphatic rings. The monoisotopic (exact) mass is 895 g/mol. The van der Waals surface area contributed by atoms with E-state index in [4.69, 9.17) is 23.7 Å². The van der Waals surface area contributed by atoms with E-state index in [9.17, 15) is 34.5 Å². The van der Waals surface area contributed by atoms with Crippen molar-refractivity contribution < 1.29 is 58.2 Å². The van der Waals surface area contributed by atoms with Crippen molar-refractivity contribution in [1.82, 2.24) is 0 Å². The molecule has 1 rings (SSSR count). The number of ether oxygens (including phenoxy) is 5. The third kappa shape index (κ3) is 31.7. The van der Waals surface area contributed by atoms with Crippen LogP contribution in [0.4, 0.5) is 0 Å². The Balaban J connectivity index is 2.74. The van der Waals surface area contributed by atoms with Gasteiger partial charge in [-0.05, 0) is 64.2 Å². The molecule has 1 heterocycles. The molecule has 1 saturated heterocycles. The van der Waals surface area contributed by atoms with E-state index in [-0.39, 0.29) is 25.9 Å². The van der Waals surface area contributed by atoms with Crippen molar-refractivity contribution >= 4 is 23.9 Å². The predicted molar refractivity (Wildman–Crippen MR) is 248 cm³/mol. The summed E-state index contributed by atoms with van der Waals surface area (Å²) in [7, 11) is 0. The van der Waals surface area contributed by atoms with E-state index in [0.29, 0.717) is 19.3 Å². The van der Waals surface area contributed by atoms with Crippen LogP contribution in [0.5, 0.6) is 0 Å². The fourth-order valence-electron chi connectivity index (χ4n) is 7.52. The number of carboxylic acid groups (broad SMARTS) is 1. The standard InChI is InChI=1S/C51H90O12/c1-4-7-10-13-16-19-21-22-24-26-28-31-34-37-43(52)59-40-42(61-44(53)38-35-32-29-25-18-15-12-9-6-3)41-60-51-49(47(56)46(55)48(63-51)50(57)58)62-45(54)39-36-33-30-27-23-20-17-14-11-8-5-2/h14,17,19,21,42,46-49,51,55-56H,4-13,15-16,18,20,22-41H2,1-3H3,(H,57,58)/b17-14-,21-19-. The zero-order valence-electron chi connectivity index (χ0n) is 39.8. The van der Waals surface area contributed by atoms with E-state index in [1.807, 2.05) is 0 Å². The van der Waals surface area contributed by atoms with Crippen LogP contribution in [-0.2, 0) is 42.9 Å². The van der Waals surface area contributed by atoms with Crippen molar-refractivity contribution in [3.63, 3.8) is 0 Å². The molecule has 63 heavy (non-hydrogen) atoms. The lowest BCUT2D eigenvalue weighted by Gasteiger charge is -2.40. The van der Waals surface area contributed by atoms with Crippen molar-refractivity contribution in [1.29, 1.82) is 0 Å². The second-order valence-electron chi connectivity index (χ2n) is 17.5. The van der Waals surface area contributed by atoms with Crippen LogP contribution < -0.4 is 0 Å². The highest BCUT2D eigenvalue weighted by Crippen LogP contribution is 2.26. The highest BCUT2D eigenvalue weighted by atomic mass is 16.7. The number of carbonyl (C=O) groups excluding carboxylic acids is 3. The maximum atomic E-state index is 13.0. The Labute approximate surface area is 381 Å². The summed E-state index contributed by atoms with van der Waals surface area (Å²) in [5.74, 6) is -3.13. The van der Waals surface area contributed by atoms with Crippen LogP contribution >= 0.6 is 0 Å². The van der Waals surface area contributed by atoms with Crippen LogP contribution in [0.15, 0.2) is 24.3 Å². The van der Waals surface area contributed by atoms with E-state index in [1.165, 1.54) is 70.6 Å². The second-order valence-corrected chi connectivity index (χ2v) is 17.5. The molecule has 0 aliphatic carbocycles. The molecule has 0 bridgehead atoms. The SMILES string of the molecule is CCCC/C=C\CCCCCCCC(=O)OC1C(OCC(COC(=O)CCCCCCC/C=C\CCCCCC)OC(=O)CCCCCCCCCCC)OC(C(=O)O)C(O)C1O. The summed E-state index contributed by atoms with van der Waals surface area (Å²) in [4.78, 5) is 50.6. The van der Waals surface area contributed by atoms with Crippen molar-refractivity contribution in [3.8, 4) is 0 Å². The van der Waals surface area contributed by atoms with Gasteiger partial charge in [0, 0.05) is 19.3 Å². The summed E-state index contributed by atoms with van der Waals surface area (Å²) < 4.78 is 28.2. The third-order valence-electron chi connectivity index (χ3n) is 11.5. The first-order valence-electron chi connectivity index (χ1n) is 25.3.